The minimum atomic E-state index is -1.13. The van der Waals surface area contributed by atoms with Crippen molar-refractivity contribution in [1.82, 2.24) is 5.32 Å². The van der Waals surface area contributed by atoms with Gasteiger partial charge in [-0.1, -0.05) is 30.3 Å². The highest BCUT2D eigenvalue weighted by molar-refractivity contribution is 5.86. The summed E-state index contributed by atoms with van der Waals surface area (Å²) in [6.07, 6.45) is 0. The minimum absolute atomic E-state index is 0.128. The zero-order valence-corrected chi connectivity index (χ0v) is 10.8. The first-order valence-corrected chi connectivity index (χ1v) is 5.87. The molecule has 0 heterocycles. The maximum atomic E-state index is 12.0. The van der Waals surface area contributed by atoms with Crippen molar-refractivity contribution in [1.29, 1.82) is 0 Å². The average Bonchev–Trinajstić information content (AvgIpc) is 2.38. The number of carbonyl (C=O) groups is 2. The van der Waals surface area contributed by atoms with Crippen molar-refractivity contribution >= 4 is 11.9 Å². The van der Waals surface area contributed by atoms with E-state index in [-0.39, 0.29) is 25.7 Å². The van der Waals surface area contributed by atoms with Gasteiger partial charge in [0.05, 0.1) is 6.61 Å². The molecule has 0 radical (unpaired) electrons. The molecular formula is C13H18N2O4. The summed E-state index contributed by atoms with van der Waals surface area (Å²) in [6, 6.07) is 9.02. The number of nitrogens with one attached hydrogen (secondary N) is 1. The molecule has 0 aliphatic heterocycles. The second-order valence-electron chi connectivity index (χ2n) is 4.27. The molecule has 1 aromatic carbocycles. The molecule has 1 unspecified atom stereocenters. The van der Waals surface area contributed by atoms with Crippen LogP contribution >= 0.6 is 0 Å². The number of benzene rings is 1. The lowest BCUT2D eigenvalue weighted by Gasteiger charge is -2.24. The van der Waals surface area contributed by atoms with Gasteiger partial charge in [-0.25, -0.2) is 4.79 Å². The zero-order valence-electron chi connectivity index (χ0n) is 10.8. The molecule has 0 saturated carbocycles. The molecule has 0 aliphatic rings. The fraction of sp³-hybridized carbons (Fsp3) is 0.385. The Balaban J connectivity index is 2.42. The topological polar surface area (TPSA) is 102 Å². The molecule has 19 heavy (non-hydrogen) atoms. The molecule has 1 rings (SSSR count). The molecule has 0 spiro atoms. The number of amides is 1. The van der Waals surface area contributed by atoms with Crippen molar-refractivity contribution in [3.8, 4) is 0 Å². The van der Waals surface area contributed by atoms with E-state index in [2.05, 4.69) is 5.32 Å². The molecule has 1 atom stereocenters. The number of hydrogen-bond acceptors (Lipinski definition) is 4. The molecule has 4 N–H and O–H groups in total. The molecule has 6 heteroatoms. The van der Waals surface area contributed by atoms with Crippen LogP contribution in [0.2, 0.25) is 0 Å². The molecule has 0 bridgehead atoms. The van der Waals surface area contributed by atoms with E-state index in [1.807, 2.05) is 18.2 Å². The van der Waals surface area contributed by atoms with E-state index < -0.39 is 11.5 Å². The Bertz CT molecular complexity index is 432. The Labute approximate surface area is 111 Å². The first-order chi connectivity index (χ1) is 8.94. The van der Waals surface area contributed by atoms with Crippen LogP contribution in [0.5, 0.6) is 0 Å². The predicted octanol–water partition coefficient (Wildman–Crippen LogP) is 0.0779. The number of ether oxygens (including phenoxy) is 1. The van der Waals surface area contributed by atoms with Crippen LogP contribution in [0.1, 0.15) is 12.5 Å². The van der Waals surface area contributed by atoms with E-state index in [0.717, 1.165) is 0 Å². The molecule has 0 aromatic heterocycles. The number of nitrogens with two attached hydrogens (primary N) is 1. The van der Waals surface area contributed by atoms with Crippen LogP contribution in [0.4, 0.5) is 0 Å². The first kappa shape index (κ1) is 15.1. The second-order valence-corrected chi connectivity index (χ2v) is 4.27. The Morgan fingerprint density at radius 2 is 2.00 bits per heavy atom. The standard InChI is InChI=1S/C13H18N2O4/c1-13(14,10-5-3-2-4-6-10)12(18)15-7-8-19-9-11(16)17/h2-6H,7-9,14H2,1H3,(H,15,18)(H,16,17). The lowest BCUT2D eigenvalue weighted by atomic mass is 9.92. The first-order valence-electron chi connectivity index (χ1n) is 5.87. The highest BCUT2D eigenvalue weighted by Gasteiger charge is 2.29. The highest BCUT2D eigenvalue weighted by atomic mass is 16.5. The van der Waals surface area contributed by atoms with Crippen LogP contribution in [-0.2, 0) is 19.9 Å². The number of hydrogen-bond donors (Lipinski definition) is 3. The molecule has 1 amide bonds. The third-order valence-corrected chi connectivity index (χ3v) is 2.60. The van der Waals surface area contributed by atoms with Crippen molar-refractivity contribution < 1.29 is 19.4 Å². The zero-order chi connectivity index (χ0) is 14.3. The lowest BCUT2D eigenvalue weighted by Crippen LogP contribution is -2.49. The van der Waals surface area contributed by atoms with Crippen molar-refractivity contribution in [2.45, 2.75) is 12.5 Å². The van der Waals surface area contributed by atoms with Gasteiger partial charge in [0.25, 0.3) is 0 Å². The van der Waals surface area contributed by atoms with Crippen LogP contribution in [0.3, 0.4) is 0 Å². The number of carboxylic acids is 1. The van der Waals surface area contributed by atoms with E-state index in [4.69, 9.17) is 15.6 Å². The smallest absolute Gasteiger partial charge is 0.329 e. The van der Waals surface area contributed by atoms with Crippen molar-refractivity contribution in [2.24, 2.45) is 5.73 Å². The molecule has 1 aromatic rings. The largest absolute Gasteiger partial charge is 0.480 e. The number of carbonyl (C=O) groups excluding carboxylic acids is 1. The summed E-state index contributed by atoms with van der Waals surface area (Å²) in [6.45, 7) is 1.58. The van der Waals surface area contributed by atoms with Crippen LogP contribution in [0.25, 0.3) is 0 Å². The average molecular weight is 266 g/mol. The van der Waals surface area contributed by atoms with Gasteiger partial charge in [0.15, 0.2) is 0 Å². The van der Waals surface area contributed by atoms with Crippen LogP contribution < -0.4 is 11.1 Å². The summed E-state index contributed by atoms with van der Waals surface area (Å²) < 4.78 is 4.81. The molecule has 6 nitrogen and oxygen atoms in total. The number of carboxylic acid groups (broad SMARTS) is 1. The maximum absolute atomic E-state index is 12.0. The van der Waals surface area contributed by atoms with Crippen molar-refractivity contribution in [2.75, 3.05) is 19.8 Å². The summed E-state index contributed by atoms with van der Waals surface area (Å²) in [5.74, 6) is -1.38. The van der Waals surface area contributed by atoms with Gasteiger partial charge < -0.3 is 20.9 Å². The van der Waals surface area contributed by atoms with Crippen LogP contribution in [0.15, 0.2) is 30.3 Å². The van der Waals surface area contributed by atoms with Gasteiger partial charge in [-0.3, -0.25) is 4.79 Å². The fourth-order valence-corrected chi connectivity index (χ4v) is 1.50. The highest BCUT2D eigenvalue weighted by Crippen LogP contribution is 2.16. The monoisotopic (exact) mass is 266 g/mol. The van der Waals surface area contributed by atoms with Crippen molar-refractivity contribution in [3.63, 3.8) is 0 Å². The Hall–Kier alpha value is -1.92. The second kappa shape index (κ2) is 6.86. The minimum Gasteiger partial charge on any atom is -0.480 e. The molecule has 0 fully saturated rings. The fourth-order valence-electron chi connectivity index (χ4n) is 1.50. The summed E-state index contributed by atoms with van der Waals surface area (Å²) in [5.41, 5.74) is 5.57. The summed E-state index contributed by atoms with van der Waals surface area (Å²) in [7, 11) is 0. The number of aliphatic carboxylic acids is 1. The van der Waals surface area contributed by atoms with Gasteiger partial charge in [0.2, 0.25) is 5.91 Å². The molecular weight excluding hydrogens is 248 g/mol. The van der Waals surface area contributed by atoms with Crippen LogP contribution in [0, 0.1) is 0 Å². The van der Waals surface area contributed by atoms with Gasteiger partial charge in [0, 0.05) is 6.54 Å². The molecule has 0 aliphatic carbocycles. The SMILES string of the molecule is CC(N)(C(=O)NCCOCC(=O)O)c1ccccc1. The normalized spacial score (nSPS) is 13.6. The summed E-state index contributed by atoms with van der Waals surface area (Å²) >= 11 is 0. The summed E-state index contributed by atoms with van der Waals surface area (Å²) in [4.78, 5) is 22.2. The molecule has 104 valence electrons. The van der Waals surface area contributed by atoms with E-state index in [1.165, 1.54) is 0 Å². The van der Waals surface area contributed by atoms with Gasteiger partial charge in [0.1, 0.15) is 12.1 Å². The third kappa shape index (κ3) is 4.69. The van der Waals surface area contributed by atoms with Gasteiger partial charge in [-0.2, -0.15) is 0 Å². The van der Waals surface area contributed by atoms with E-state index in [9.17, 15) is 9.59 Å². The Morgan fingerprint density at radius 3 is 2.58 bits per heavy atom. The van der Waals surface area contributed by atoms with E-state index in [0.29, 0.717) is 5.56 Å². The van der Waals surface area contributed by atoms with Crippen LogP contribution in [-0.4, -0.2) is 36.7 Å². The van der Waals surface area contributed by atoms with Gasteiger partial charge in [-0.05, 0) is 12.5 Å². The molecule has 0 saturated heterocycles. The Morgan fingerprint density at radius 1 is 1.37 bits per heavy atom. The maximum Gasteiger partial charge on any atom is 0.329 e. The number of rotatable bonds is 7. The lowest BCUT2D eigenvalue weighted by molar-refractivity contribution is -0.142. The summed E-state index contributed by atoms with van der Waals surface area (Å²) in [5, 5.41) is 11.0. The van der Waals surface area contributed by atoms with Gasteiger partial charge in [-0.15, -0.1) is 0 Å². The van der Waals surface area contributed by atoms with E-state index >= 15 is 0 Å². The quantitative estimate of drug-likeness (QED) is 0.606. The predicted molar refractivity (Wildman–Crippen MR) is 69.4 cm³/mol. The van der Waals surface area contributed by atoms with Crippen molar-refractivity contribution in [3.05, 3.63) is 35.9 Å². The van der Waals surface area contributed by atoms with Gasteiger partial charge >= 0.3 is 5.97 Å². The third-order valence-electron chi connectivity index (χ3n) is 2.60. The van der Waals surface area contributed by atoms with E-state index in [1.54, 1.807) is 19.1 Å². The Kier molecular flexibility index (Phi) is 5.47.